The Bertz CT molecular complexity index is 5260. The maximum Gasteiger partial charge on any atom is 0.343 e. The summed E-state index contributed by atoms with van der Waals surface area (Å²) in [6.45, 7) is 18.6. The van der Waals surface area contributed by atoms with Crippen LogP contribution in [0.25, 0.3) is 0 Å². The average Bonchev–Trinajstić information content (AvgIpc) is 1.80. The summed E-state index contributed by atoms with van der Waals surface area (Å²) in [7, 11) is 0. The Morgan fingerprint density at radius 3 is 1.01 bits per heavy atom. The molecule has 5 heterocycles. The highest BCUT2D eigenvalue weighted by molar-refractivity contribution is 5.98. The minimum Gasteiger partial charge on any atom is -0.494 e. The molecule has 0 amide bonds. The van der Waals surface area contributed by atoms with Gasteiger partial charge >= 0.3 is 41.8 Å². The quantitative estimate of drug-likeness (QED) is 0.0148. The molecule has 5 aliphatic heterocycles. The smallest absolute Gasteiger partial charge is 0.343 e. The van der Waals surface area contributed by atoms with E-state index in [9.17, 15) is 42.3 Å². The van der Waals surface area contributed by atoms with Crippen molar-refractivity contribution >= 4 is 41.8 Å². The maximum atomic E-state index is 14.8. The van der Waals surface area contributed by atoms with Crippen molar-refractivity contribution in [1.82, 2.24) is 0 Å². The SMILES string of the molecule is CCCCC(CC1CO1)Oc1ccc(C(=O)Oc2ccc(OC(=O)c3ccc(OCCCCCCC4CO4)cc3)c(F)c2F)cc1.CCCCC(Oc1ccc(C(=O)Oc2ccc(OC(=O)c3ccc(OCCCCCC4CO4)cc3)cc2C)cc1)C1CO1.CCCCCCOc1ccc(C(=O)Oc2ccc(OC(=O)c3ccc(OCCCCCC)cc3)c(C(=O)OC(CCC)C3CO3)c2)cc1. The van der Waals surface area contributed by atoms with Gasteiger partial charge in [-0.15, -0.1) is 0 Å². The van der Waals surface area contributed by atoms with Gasteiger partial charge in [-0.2, -0.15) is 8.78 Å². The second-order valence-electron chi connectivity index (χ2n) is 34.6. The molecule has 5 fully saturated rings. The van der Waals surface area contributed by atoms with Gasteiger partial charge in [0.05, 0.1) is 111 Å². The highest BCUT2D eigenvalue weighted by atomic mass is 19.2. The van der Waals surface area contributed by atoms with Gasteiger partial charge in [0.15, 0.2) is 11.5 Å². The second kappa shape index (κ2) is 55.2. The summed E-state index contributed by atoms with van der Waals surface area (Å²) in [6, 6.07) is 50.9. The van der Waals surface area contributed by atoms with Crippen LogP contribution < -0.4 is 56.8 Å². The highest BCUT2D eigenvalue weighted by Gasteiger charge is 2.38. The van der Waals surface area contributed by atoms with Crippen LogP contribution in [0.15, 0.2) is 194 Å². The molecule has 8 atom stereocenters. The summed E-state index contributed by atoms with van der Waals surface area (Å²) in [5.41, 5.74) is 2.30. The van der Waals surface area contributed by atoms with Crippen molar-refractivity contribution in [2.45, 2.75) is 257 Å². The van der Waals surface area contributed by atoms with E-state index in [2.05, 4.69) is 27.7 Å². The molecule has 5 saturated heterocycles. The van der Waals surface area contributed by atoms with Gasteiger partial charge in [0.2, 0.25) is 11.6 Å². The first-order valence-electron chi connectivity index (χ1n) is 48.6. The molecule has 0 aliphatic carbocycles. The Labute approximate surface area is 801 Å². The number of hydrogen-bond donors (Lipinski definition) is 0. The number of unbranched alkanes of at least 4 members (excludes halogenated alkanes) is 13. The van der Waals surface area contributed by atoms with Crippen LogP contribution in [0.1, 0.15) is 280 Å². The lowest BCUT2D eigenvalue weighted by Gasteiger charge is -2.18. The second-order valence-corrected chi connectivity index (χ2v) is 34.6. The van der Waals surface area contributed by atoms with Gasteiger partial charge in [-0.1, -0.05) is 125 Å². The molecule has 14 rings (SSSR count). The number of rotatable bonds is 57. The number of esters is 7. The normalized spacial score (nSPS) is 16.2. The molecule has 5 aliphatic rings. The van der Waals surface area contributed by atoms with Crippen LogP contribution in [0.2, 0.25) is 0 Å². The molecule has 8 unspecified atom stereocenters. The standard InChI is InChI=1S/C39H48O9.C36H40F2O8.C35H40O8/c1-4-7-9-11-24-43-30-18-14-28(15-19-30)37(40)46-32-22-23-34(33(26-32)39(42)48-35(13-6-3)36-27-45-36)47-38(41)29-16-20-31(21-17-29)44-25-12-10-8-5-2;1-2-3-8-28(21-30-23-43-30)44-27-16-12-25(13-17-27)36(40)46-32-19-18-31(33(37)34(32)38)45-35(39)24-10-14-26(15-11-24)41-20-7-5-4-6-9-29-22-42-29;1-3-4-9-32(33-23-40-33)41-28-16-12-26(13-17-28)35(37)43-31-19-18-29(21-24(31)2)42-34(36)25-10-14-27(15-11-25)38-20-7-5-6-8-30-22-39-30/h14-23,26,35-36H,4-13,24-25,27H2,1-3H3;10-19,28-30H,2-9,20-23H2,1H3;10-19,21,30,32-33H,3-9,20,22-23H2,1-2H3. The maximum absolute atomic E-state index is 14.8. The topological polar surface area (TPSA) is 302 Å². The van der Waals surface area contributed by atoms with Crippen molar-refractivity contribution in [3.05, 3.63) is 250 Å². The number of benzene rings is 9. The van der Waals surface area contributed by atoms with E-state index in [0.717, 1.165) is 192 Å². The molecule has 0 radical (unpaired) electrons. The predicted molar refractivity (Wildman–Crippen MR) is 510 cm³/mol. The van der Waals surface area contributed by atoms with Gasteiger partial charge in [-0.3, -0.25) is 0 Å². The highest BCUT2D eigenvalue weighted by Crippen LogP contribution is 2.36. The largest absolute Gasteiger partial charge is 0.494 e. The fourth-order valence-electron chi connectivity index (χ4n) is 14.7. The average molecular weight is 1890 g/mol. The van der Waals surface area contributed by atoms with E-state index < -0.39 is 71.0 Å². The summed E-state index contributed by atoms with van der Waals surface area (Å²) in [4.78, 5) is 90.3. The zero-order valence-electron chi connectivity index (χ0n) is 79.3. The van der Waals surface area contributed by atoms with E-state index >= 15 is 0 Å². The minimum absolute atomic E-state index is 0.00540. The summed E-state index contributed by atoms with van der Waals surface area (Å²) in [6.07, 6.45) is 27.7. The van der Waals surface area contributed by atoms with Crippen LogP contribution in [0.4, 0.5) is 8.78 Å². The molecule has 0 spiro atoms. The minimum atomic E-state index is -1.45. The molecule has 9 aromatic carbocycles. The monoisotopic (exact) mass is 1890 g/mol. The van der Waals surface area contributed by atoms with Gasteiger partial charge in [0.1, 0.15) is 93.6 Å². The summed E-state index contributed by atoms with van der Waals surface area (Å²) in [5, 5.41) is 0. The fourth-order valence-corrected chi connectivity index (χ4v) is 14.7. The van der Waals surface area contributed by atoms with Crippen molar-refractivity contribution in [2.24, 2.45) is 0 Å². The van der Waals surface area contributed by atoms with Gasteiger partial charge in [-0.05, 0) is 277 Å². The lowest BCUT2D eigenvalue weighted by molar-refractivity contribution is 0.0201. The van der Waals surface area contributed by atoms with E-state index in [1.165, 1.54) is 55.3 Å². The van der Waals surface area contributed by atoms with Gasteiger partial charge in [-0.25, -0.2) is 33.6 Å². The lowest BCUT2D eigenvalue weighted by Crippen LogP contribution is -2.24. The molecular formula is C110H128F2O25. The van der Waals surface area contributed by atoms with Crippen molar-refractivity contribution in [1.29, 1.82) is 0 Å². The predicted octanol–water partition coefficient (Wildman–Crippen LogP) is 23.7. The van der Waals surface area contributed by atoms with Crippen LogP contribution in [0.3, 0.4) is 0 Å². The molecule has 25 nitrogen and oxygen atoms in total. The summed E-state index contributed by atoms with van der Waals surface area (Å²) < 4.78 is 130. The molecule has 0 bridgehead atoms. The van der Waals surface area contributed by atoms with Crippen LogP contribution >= 0.6 is 0 Å². The Hall–Kier alpha value is -12.3. The van der Waals surface area contributed by atoms with Crippen molar-refractivity contribution < 1.29 is 128 Å². The Kier molecular flexibility index (Phi) is 41.8. The number of hydrogen-bond acceptors (Lipinski definition) is 25. The molecular weight excluding hydrogens is 1760 g/mol. The molecule has 137 heavy (non-hydrogen) atoms. The van der Waals surface area contributed by atoms with E-state index in [0.29, 0.717) is 114 Å². The van der Waals surface area contributed by atoms with Crippen LogP contribution in [0.5, 0.6) is 69.0 Å². The molecule has 0 N–H and O–H groups in total. The fraction of sp³-hybridized carbons (Fsp3) is 0.445. The van der Waals surface area contributed by atoms with Crippen molar-refractivity contribution in [3.8, 4) is 69.0 Å². The number of aryl methyl sites for hydroxylation is 1. The van der Waals surface area contributed by atoms with Crippen LogP contribution in [-0.4, -0.2) is 150 Å². The first-order chi connectivity index (χ1) is 66.8. The number of carbonyl (C=O) groups is 7. The molecule has 732 valence electrons. The Morgan fingerprint density at radius 2 is 0.620 bits per heavy atom. The first-order valence-corrected chi connectivity index (χ1v) is 48.6. The molecule has 0 saturated carbocycles. The molecule has 0 aromatic heterocycles. The van der Waals surface area contributed by atoms with Crippen LogP contribution in [-0.2, 0) is 28.4 Å². The third-order valence-electron chi connectivity index (χ3n) is 23.2. The zero-order valence-corrected chi connectivity index (χ0v) is 79.3. The number of carbonyl (C=O) groups excluding carboxylic acids is 7. The third-order valence-corrected chi connectivity index (χ3v) is 23.2. The number of halogens is 2. The summed E-state index contributed by atoms with van der Waals surface area (Å²) >= 11 is 0. The Morgan fingerprint density at radius 1 is 0.299 bits per heavy atom. The number of ether oxygens (including phenoxy) is 18. The van der Waals surface area contributed by atoms with E-state index in [-0.39, 0.29) is 64.3 Å². The van der Waals surface area contributed by atoms with Gasteiger partial charge in [0, 0.05) is 6.42 Å². The van der Waals surface area contributed by atoms with Crippen molar-refractivity contribution in [2.75, 3.05) is 59.5 Å². The first kappa shape index (κ1) is 104. The lowest BCUT2D eigenvalue weighted by atomic mass is 10.1. The van der Waals surface area contributed by atoms with Gasteiger partial charge in [0.25, 0.3) is 0 Å². The third kappa shape index (κ3) is 36.0. The van der Waals surface area contributed by atoms with Crippen LogP contribution in [0, 0.1) is 18.6 Å². The molecule has 9 aromatic rings. The van der Waals surface area contributed by atoms with Crippen molar-refractivity contribution in [3.63, 3.8) is 0 Å². The van der Waals surface area contributed by atoms with E-state index in [1.54, 1.807) is 146 Å². The summed E-state index contributed by atoms with van der Waals surface area (Å²) in [5.74, 6) is -4.14. The Balaban J connectivity index is 0.000000185. The molecule has 27 heteroatoms. The van der Waals surface area contributed by atoms with E-state index in [1.807, 2.05) is 6.92 Å². The van der Waals surface area contributed by atoms with Gasteiger partial charge < -0.3 is 85.3 Å². The number of epoxide rings is 5. The zero-order chi connectivity index (χ0) is 96.5. The van der Waals surface area contributed by atoms with E-state index in [4.69, 9.17) is 85.3 Å².